The lowest BCUT2D eigenvalue weighted by Crippen LogP contribution is -2.17. The minimum absolute atomic E-state index is 0.109. The number of ether oxygens (including phenoxy) is 1. The second kappa shape index (κ2) is 8.21. The Bertz CT molecular complexity index is 1610. The van der Waals surface area contributed by atoms with Crippen LogP contribution in [-0.2, 0) is 12.6 Å². The van der Waals surface area contributed by atoms with Crippen molar-refractivity contribution >= 4 is 11.0 Å². The Kier molecular flexibility index (Phi) is 5.29. The molecule has 3 aromatic heterocycles. The zero-order chi connectivity index (χ0) is 24.9. The highest BCUT2D eigenvalue weighted by Crippen LogP contribution is 2.40. The van der Waals surface area contributed by atoms with E-state index >= 15 is 0 Å². The maximum atomic E-state index is 13.4. The average Bonchev–Trinajstić information content (AvgIpc) is 3.44. The number of hydrogen-bond acceptors (Lipinski definition) is 7. The van der Waals surface area contributed by atoms with Gasteiger partial charge < -0.3 is 23.2 Å². The van der Waals surface area contributed by atoms with E-state index in [-0.39, 0.29) is 28.6 Å². The van der Waals surface area contributed by atoms with Gasteiger partial charge in [0, 0.05) is 36.7 Å². The molecule has 0 spiro atoms. The van der Waals surface area contributed by atoms with Crippen LogP contribution in [-0.4, -0.2) is 19.9 Å². The van der Waals surface area contributed by atoms with Gasteiger partial charge in [0.15, 0.2) is 5.76 Å². The van der Waals surface area contributed by atoms with Crippen LogP contribution in [0.15, 0.2) is 68.4 Å². The van der Waals surface area contributed by atoms with Crippen LogP contribution < -0.4 is 10.3 Å². The largest absolute Gasteiger partial charge is 0.457 e. The van der Waals surface area contributed by atoms with Crippen molar-refractivity contribution in [3.8, 4) is 34.3 Å². The monoisotopic (exact) mass is 475 g/mol. The maximum Gasteiger partial charge on any atom is 0.293 e. The quantitative estimate of drug-likeness (QED) is 0.367. The molecule has 0 aliphatic carbocycles. The molecular formula is C26H22FN3O5. The Hall–Kier alpha value is -4.24. The van der Waals surface area contributed by atoms with Crippen LogP contribution in [0.2, 0.25) is 0 Å². The van der Waals surface area contributed by atoms with Crippen LogP contribution in [0, 0.1) is 12.7 Å². The normalized spacial score (nSPS) is 11.8. The van der Waals surface area contributed by atoms with Crippen molar-refractivity contribution in [2.45, 2.75) is 26.4 Å². The zero-order valence-electron chi connectivity index (χ0n) is 19.5. The van der Waals surface area contributed by atoms with Crippen LogP contribution in [0.3, 0.4) is 0 Å². The first-order valence-electron chi connectivity index (χ1n) is 10.8. The molecule has 2 aromatic carbocycles. The van der Waals surface area contributed by atoms with Crippen LogP contribution in [0.5, 0.6) is 11.5 Å². The summed E-state index contributed by atoms with van der Waals surface area (Å²) in [7, 11) is 1.62. The van der Waals surface area contributed by atoms with Crippen molar-refractivity contribution in [2.75, 3.05) is 0 Å². The molecule has 35 heavy (non-hydrogen) atoms. The first kappa shape index (κ1) is 22.5. The van der Waals surface area contributed by atoms with E-state index in [1.807, 2.05) is 0 Å². The lowest BCUT2D eigenvalue weighted by atomic mass is 9.93. The van der Waals surface area contributed by atoms with E-state index in [2.05, 4.69) is 10.2 Å². The first-order valence-corrected chi connectivity index (χ1v) is 10.8. The second-order valence-corrected chi connectivity index (χ2v) is 8.76. The third-order valence-electron chi connectivity index (χ3n) is 5.61. The van der Waals surface area contributed by atoms with Crippen molar-refractivity contribution in [3.63, 3.8) is 0 Å². The number of hydrogen-bond donors (Lipinski definition) is 1. The highest BCUT2D eigenvalue weighted by Gasteiger charge is 2.23. The van der Waals surface area contributed by atoms with E-state index in [0.717, 1.165) is 0 Å². The first-order chi connectivity index (χ1) is 16.6. The molecular weight excluding hydrogens is 453 g/mol. The van der Waals surface area contributed by atoms with Crippen molar-refractivity contribution < 1.29 is 23.1 Å². The minimum Gasteiger partial charge on any atom is -0.457 e. The van der Waals surface area contributed by atoms with Gasteiger partial charge in [-0.2, -0.15) is 0 Å². The second-order valence-electron chi connectivity index (χ2n) is 8.76. The van der Waals surface area contributed by atoms with Crippen LogP contribution >= 0.6 is 0 Å². The van der Waals surface area contributed by atoms with E-state index in [1.54, 1.807) is 58.3 Å². The minimum atomic E-state index is -1.13. The Morgan fingerprint density at radius 2 is 1.77 bits per heavy atom. The van der Waals surface area contributed by atoms with Gasteiger partial charge in [0.2, 0.25) is 11.5 Å². The standard InChI is InChI=1S/C26H22FN3O5/c1-14-28-29-24(33-14)22-12-19-20(13-30(4)25(31)23(19)35-22)18-11-15(26(2,3)32)5-10-21(18)34-17-8-6-16(27)7-9-17/h5-13,32H,1-4H3. The van der Waals surface area contributed by atoms with Gasteiger partial charge in [-0.25, -0.2) is 4.39 Å². The van der Waals surface area contributed by atoms with Crippen molar-refractivity contribution in [3.05, 3.63) is 82.4 Å². The summed E-state index contributed by atoms with van der Waals surface area (Å²) >= 11 is 0. The summed E-state index contributed by atoms with van der Waals surface area (Å²) in [4.78, 5) is 12.9. The highest BCUT2D eigenvalue weighted by molar-refractivity contribution is 5.97. The molecule has 0 amide bonds. The number of pyridine rings is 1. The molecule has 0 atom stereocenters. The highest BCUT2D eigenvalue weighted by atomic mass is 19.1. The Morgan fingerprint density at radius 1 is 1.03 bits per heavy atom. The van der Waals surface area contributed by atoms with Crippen LogP contribution in [0.25, 0.3) is 33.7 Å². The third kappa shape index (κ3) is 4.22. The number of aromatic nitrogens is 3. The van der Waals surface area contributed by atoms with E-state index < -0.39 is 5.60 Å². The predicted molar refractivity (Wildman–Crippen MR) is 127 cm³/mol. The molecule has 0 radical (unpaired) electrons. The number of nitrogens with zero attached hydrogens (tertiary/aromatic N) is 3. The van der Waals surface area contributed by atoms with Gasteiger partial charge >= 0.3 is 0 Å². The summed E-state index contributed by atoms with van der Waals surface area (Å²) in [5, 5.41) is 19.0. The van der Waals surface area contributed by atoms with Crippen molar-refractivity contribution in [1.29, 1.82) is 0 Å². The molecule has 5 aromatic rings. The lowest BCUT2D eigenvalue weighted by molar-refractivity contribution is 0.0786. The fourth-order valence-corrected chi connectivity index (χ4v) is 3.79. The summed E-state index contributed by atoms with van der Waals surface area (Å²) in [6, 6.07) is 12.6. The number of aliphatic hydroxyl groups is 1. The molecule has 0 saturated heterocycles. The van der Waals surface area contributed by atoms with Crippen molar-refractivity contribution in [1.82, 2.24) is 14.8 Å². The number of fused-ring (bicyclic) bond motifs is 1. The summed E-state index contributed by atoms with van der Waals surface area (Å²) in [6.45, 7) is 5.01. The molecule has 0 aliphatic heterocycles. The molecule has 0 unspecified atom stereocenters. The fourth-order valence-electron chi connectivity index (χ4n) is 3.79. The van der Waals surface area contributed by atoms with Gasteiger partial charge in [-0.15, -0.1) is 10.2 Å². The van der Waals surface area contributed by atoms with Gasteiger partial charge in [-0.3, -0.25) is 4.79 Å². The van der Waals surface area contributed by atoms with Crippen molar-refractivity contribution in [2.24, 2.45) is 7.05 Å². The third-order valence-corrected chi connectivity index (χ3v) is 5.61. The Labute approximate surface area is 199 Å². The molecule has 0 aliphatic rings. The van der Waals surface area contributed by atoms with Gasteiger partial charge in [0.1, 0.15) is 17.3 Å². The molecule has 0 fully saturated rings. The zero-order valence-corrected chi connectivity index (χ0v) is 19.5. The van der Waals surface area contributed by atoms with Gasteiger partial charge in [0.05, 0.1) is 5.60 Å². The molecule has 178 valence electrons. The molecule has 0 saturated carbocycles. The van der Waals surface area contributed by atoms with Crippen LogP contribution in [0.4, 0.5) is 4.39 Å². The van der Waals surface area contributed by atoms with Crippen LogP contribution in [0.1, 0.15) is 25.3 Å². The van der Waals surface area contributed by atoms with E-state index in [9.17, 15) is 14.3 Å². The maximum absolute atomic E-state index is 13.4. The van der Waals surface area contributed by atoms with Gasteiger partial charge in [-0.1, -0.05) is 6.07 Å². The summed E-state index contributed by atoms with van der Waals surface area (Å²) in [6.07, 6.45) is 1.67. The SMILES string of the molecule is Cc1nnc(-c2cc3c(-c4cc(C(C)(C)O)ccc4Oc4ccc(F)cc4)cn(C)c(=O)c3o2)o1. The topological polar surface area (TPSA) is 104 Å². The fraction of sp³-hybridized carbons (Fsp3) is 0.192. The number of rotatable bonds is 5. The van der Waals surface area contributed by atoms with Gasteiger partial charge in [-0.05, 0) is 61.9 Å². The number of halogens is 1. The predicted octanol–water partition coefficient (Wildman–Crippen LogP) is 5.32. The summed E-state index contributed by atoms with van der Waals surface area (Å²) in [5.41, 5.74) is 0.492. The van der Waals surface area contributed by atoms with E-state index in [0.29, 0.717) is 39.5 Å². The molecule has 8 nitrogen and oxygen atoms in total. The summed E-state index contributed by atoms with van der Waals surface area (Å²) < 4.78 is 32.2. The number of furan rings is 1. The number of aryl methyl sites for hydroxylation is 2. The van der Waals surface area contributed by atoms with E-state index in [1.165, 1.54) is 28.8 Å². The Balaban J connectivity index is 1.75. The lowest BCUT2D eigenvalue weighted by Gasteiger charge is -2.21. The number of benzene rings is 2. The molecule has 3 heterocycles. The van der Waals surface area contributed by atoms with E-state index in [4.69, 9.17) is 13.6 Å². The molecule has 9 heteroatoms. The van der Waals surface area contributed by atoms with Gasteiger partial charge in [0.25, 0.3) is 11.4 Å². The molecule has 1 N–H and O–H groups in total. The molecule has 0 bridgehead atoms. The Morgan fingerprint density at radius 3 is 2.43 bits per heavy atom. The average molecular weight is 475 g/mol. The summed E-state index contributed by atoms with van der Waals surface area (Å²) in [5.74, 6) is 1.27. The smallest absolute Gasteiger partial charge is 0.293 e. The molecule has 5 rings (SSSR count).